The molecule has 13 nitrogen and oxygen atoms in total. The van der Waals surface area contributed by atoms with Crippen LogP contribution >= 0.6 is 22.7 Å². The Kier molecular flexibility index (Phi) is 13.4. The summed E-state index contributed by atoms with van der Waals surface area (Å²) in [5.74, 6) is -3.27. The number of carbonyl (C=O) groups excluding carboxylic acids is 3. The molecule has 6 N–H and O–H groups in total. The number of carboxylic acids is 1. The van der Waals surface area contributed by atoms with Crippen LogP contribution in [0.5, 0.6) is 0 Å². The van der Waals surface area contributed by atoms with Crippen LogP contribution in [-0.2, 0) is 34.8 Å². The van der Waals surface area contributed by atoms with Crippen molar-refractivity contribution >= 4 is 78.6 Å². The lowest BCUT2D eigenvalue weighted by Gasteiger charge is -2.04. The molecule has 21 heteroatoms. The van der Waals surface area contributed by atoms with Crippen LogP contribution in [0.3, 0.4) is 0 Å². The highest BCUT2D eigenvalue weighted by Crippen LogP contribution is 2.39. The summed E-state index contributed by atoms with van der Waals surface area (Å²) in [7, 11) is 2.42. The fraction of sp³-hybridized carbons (Fsp3) is 0.278. The zero-order valence-electron chi connectivity index (χ0n) is 30.8. The van der Waals surface area contributed by atoms with E-state index in [0.29, 0.717) is 11.1 Å². The summed E-state index contributed by atoms with van der Waals surface area (Å²) in [5.41, 5.74) is 10.7. The maximum Gasteiger partial charge on any atom is 0.428 e. The number of anilines is 2. The van der Waals surface area contributed by atoms with Gasteiger partial charge >= 0.3 is 18.3 Å². The first-order chi connectivity index (χ1) is 26.6. The standard InChI is InChI=1S/C18H16F3N3O3S.C12H12O3.C6H6F3N3OS/c1-8-4-5-11-10(7-27-14(11)9(8)2)6-12(25)23-17-24-13(16(26)22-3)15(28-17)18(19,20)21;1-7-3-4-10-9(5-11(13)14)6-15-12(10)8(7)2;1-11-4(13)2-3(6(7,8)9)14-5(10)12-2/h4-5,7H,6H2,1-3H3,(H,22,26)(H,23,24,25);3-4,6H,5H2,1-2H3,(H,13,14);1H3,(H2,10,12)(H,11,13). The number of nitrogens with one attached hydrogen (secondary N) is 3. The predicted octanol–water partition coefficient (Wildman–Crippen LogP) is 7.85. The van der Waals surface area contributed by atoms with Gasteiger partial charge in [-0.1, -0.05) is 46.9 Å². The van der Waals surface area contributed by atoms with E-state index < -0.39 is 57.2 Å². The van der Waals surface area contributed by atoms with Crippen molar-refractivity contribution in [1.29, 1.82) is 0 Å². The zero-order chi connectivity index (χ0) is 42.6. The lowest BCUT2D eigenvalue weighted by atomic mass is 10.0. The predicted molar refractivity (Wildman–Crippen MR) is 200 cm³/mol. The molecule has 0 bridgehead atoms. The van der Waals surface area contributed by atoms with Crippen molar-refractivity contribution in [3.63, 3.8) is 0 Å². The minimum atomic E-state index is -4.75. The number of hydrogen-bond donors (Lipinski definition) is 5. The minimum absolute atomic E-state index is 0.00943. The Morgan fingerprint density at radius 1 is 0.719 bits per heavy atom. The molecular weight excluding hydrogens is 807 g/mol. The van der Waals surface area contributed by atoms with Crippen molar-refractivity contribution in [3.8, 4) is 0 Å². The molecule has 0 fully saturated rings. The minimum Gasteiger partial charge on any atom is -0.481 e. The Hall–Kier alpha value is -5.96. The van der Waals surface area contributed by atoms with E-state index in [2.05, 4.69) is 25.9 Å². The molecule has 0 aliphatic rings. The average molecular weight is 841 g/mol. The number of nitrogens with zero attached hydrogens (tertiary/aromatic N) is 2. The number of fused-ring (bicyclic) bond motifs is 2. The molecule has 3 amide bonds. The van der Waals surface area contributed by atoms with Gasteiger partial charge in [-0.25, -0.2) is 9.97 Å². The normalized spacial score (nSPS) is 11.4. The molecule has 4 aromatic heterocycles. The molecular formula is C36H34F6N6O7S2. The third-order valence-corrected chi connectivity index (χ3v) is 10.2. The summed E-state index contributed by atoms with van der Waals surface area (Å²) >= 11 is 0.453. The topological polar surface area (TPSA) is 203 Å². The number of alkyl halides is 6. The Labute approximate surface area is 327 Å². The molecule has 0 saturated heterocycles. The van der Waals surface area contributed by atoms with Gasteiger partial charge in [0, 0.05) is 36.0 Å². The number of hydrogen-bond acceptors (Lipinski definition) is 11. The third-order valence-electron chi connectivity index (χ3n) is 8.29. The van der Waals surface area contributed by atoms with E-state index in [1.54, 1.807) is 0 Å². The number of furan rings is 2. The second-order valence-corrected chi connectivity index (χ2v) is 14.2. The number of thiazole rings is 2. The number of nitrogen functional groups attached to an aromatic ring is 1. The van der Waals surface area contributed by atoms with E-state index in [4.69, 9.17) is 19.7 Å². The zero-order valence-corrected chi connectivity index (χ0v) is 32.5. The molecule has 0 saturated carbocycles. The molecule has 0 aliphatic carbocycles. The number of carboxylic acid groups (broad SMARTS) is 1. The van der Waals surface area contributed by atoms with Crippen LogP contribution in [0.25, 0.3) is 21.9 Å². The largest absolute Gasteiger partial charge is 0.481 e. The van der Waals surface area contributed by atoms with Crippen molar-refractivity contribution < 1.29 is 59.5 Å². The van der Waals surface area contributed by atoms with Crippen LogP contribution in [0.2, 0.25) is 0 Å². The summed E-state index contributed by atoms with van der Waals surface area (Å²) in [6, 6.07) is 7.64. The average Bonchev–Trinajstić information content (AvgIpc) is 3.93. The number of nitrogens with two attached hydrogens (primary N) is 1. The second-order valence-electron chi connectivity index (χ2n) is 12.2. The molecule has 0 spiro atoms. The Morgan fingerprint density at radius 2 is 1.16 bits per heavy atom. The smallest absolute Gasteiger partial charge is 0.428 e. The summed E-state index contributed by atoms with van der Waals surface area (Å²) < 4.78 is 87.1. The van der Waals surface area contributed by atoms with Crippen LogP contribution < -0.4 is 21.7 Å². The number of aliphatic carboxylic acids is 1. The second kappa shape index (κ2) is 17.5. The van der Waals surface area contributed by atoms with Crippen molar-refractivity contribution in [2.75, 3.05) is 25.1 Å². The molecule has 4 heterocycles. The molecule has 2 aromatic carbocycles. The van der Waals surface area contributed by atoms with Gasteiger partial charge in [0.2, 0.25) is 5.91 Å². The number of halogens is 6. The number of aromatic nitrogens is 2. The number of benzene rings is 2. The molecule has 0 unspecified atom stereocenters. The summed E-state index contributed by atoms with van der Waals surface area (Å²) in [4.78, 5) is 50.3. The van der Waals surface area contributed by atoms with Crippen molar-refractivity contribution in [2.45, 2.75) is 52.9 Å². The first kappa shape index (κ1) is 43.8. The maximum atomic E-state index is 13.1. The lowest BCUT2D eigenvalue weighted by molar-refractivity contribution is -0.136. The molecule has 6 rings (SSSR count). The van der Waals surface area contributed by atoms with Crippen LogP contribution in [0.15, 0.2) is 45.6 Å². The first-order valence-corrected chi connectivity index (χ1v) is 18.0. The van der Waals surface area contributed by atoms with E-state index in [9.17, 15) is 45.5 Å². The van der Waals surface area contributed by atoms with Gasteiger partial charge in [0.25, 0.3) is 11.8 Å². The van der Waals surface area contributed by atoms with Crippen molar-refractivity contribution in [3.05, 3.63) is 91.3 Å². The number of amides is 3. The van der Waals surface area contributed by atoms with Crippen molar-refractivity contribution in [2.24, 2.45) is 0 Å². The van der Waals surface area contributed by atoms with E-state index in [1.165, 1.54) is 26.6 Å². The molecule has 0 radical (unpaired) electrons. The van der Waals surface area contributed by atoms with E-state index >= 15 is 0 Å². The van der Waals surface area contributed by atoms with E-state index in [0.717, 1.165) is 44.2 Å². The molecule has 6 aromatic rings. The van der Waals surface area contributed by atoms with Gasteiger partial charge in [0.1, 0.15) is 20.9 Å². The molecule has 0 atom stereocenters. The van der Waals surface area contributed by atoms with Gasteiger partial charge in [0.05, 0.1) is 25.4 Å². The van der Waals surface area contributed by atoms with Crippen LogP contribution in [0, 0.1) is 27.7 Å². The van der Waals surface area contributed by atoms with Crippen LogP contribution in [0.4, 0.5) is 36.6 Å². The van der Waals surface area contributed by atoms with Gasteiger partial charge in [-0.2, -0.15) is 26.3 Å². The Balaban J connectivity index is 0.000000209. The van der Waals surface area contributed by atoms with Crippen molar-refractivity contribution in [1.82, 2.24) is 20.6 Å². The van der Waals surface area contributed by atoms with E-state index in [-0.39, 0.29) is 45.8 Å². The van der Waals surface area contributed by atoms with Gasteiger partial charge in [-0.05, 0) is 49.9 Å². The van der Waals surface area contributed by atoms with Gasteiger partial charge < -0.3 is 35.6 Å². The molecule has 304 valence electrons. The van der Waals surface area contributed by atoms with Gasteiger partial charge in [-0.15, -0.1) is 0 Å². The number of carbonyl (C=O) groups is 4. The quantitative estimate of drug-likeness (QED) is 0.0986. The van der Waals surface area contributed by atoms with Gasteiger partial charge in [0.15, 0.2) is 21.7 Å². The summed E-state index contributed by atoms with van der Waals surface area (Å²) in [5, 5.41) is 16.3. The highest BCUT2D eigenvalue weighted by molar-refractivity contribution is 7.16. The Morgan fingerprint density at radius 3 is 1.60 bits per heavy atom. The fourth-order valence-electron chi connectivity index (χ4n) is 5.19. The van der Waals surface area contributed by atoms with Crippen LogP contribution in [-0.4, -0.2) is 52.9 Å². The van der Waals surface area contributed by atoms with Crippen LogP contribution in [0.1, 0.15) is 64.1 Å². The maximum absolute atomic E-state index is 13.1. The monoisotopic (exact) mass is 840 g/mol. The Bertz CT molecular complexity index is 2460. The SMILES string of the molecule is CNC(=O)c1nc(N)sc1C(F)(F)F.CNC(=O)c1nc(NC(=O)Cc2coc3c(C)c(C)ccc23)sc1C(F)(F)F.Cc1ccc2c(CC(=O)O)coc2c1C. The van der Waals surface area contributed by atoms with E-state index in [1.807, 2.05) is 52.0 Å². The fourth-order valence-corrected chi connectivity index (χ4v) is 6.73. The third kappa shape index (κ3) is 10.3. The summed E-state index contributed by atoms with van der Waals surface area (Å²) in [6.45, 7) is 7.83. The molecule has 57 heavy (non-hydrogen) atoms. The highest BCUT2D eigenvalue weighted by Gasteiger charge is 2.40. The first-order valence-electron chi connectivity index (χ1n) is 16.4. The summed E-state index contributed by atoms with van der Waals surface area (Å²) in [6.07, 6.45) is -6.46. The number of rotatable bonds is 7. The number of aryl methyl sites for hydroxylation is 4. The highest BCUT2D eigenvalue weighted by atomic mass is 32.1. The van der Waals surface area contributed by atoms with Gasteiger partial charge in [-0.3, -0.25) is 19.2 Å². The molecule has 0 aliphatic heterocycles. The lowest BCUT2D eigenvalue weighted by Crippen LogP contribution is -2.22.